The third-order valence-electron chi connectivity index (χ3n) is 2.05. The Labute approximate surface area is 88.3 Å². The largest absolute Gasteiger partial charge is 0.336 e. The van der Waals surface area contributed by atoms with Gasteiger partial charge in [-0.15, -0.1) is 0 Å². The summed E-state index contributed by atoms with van der Waals surface area (Å²) in [5, 5.41) is 0.142. The van der Waals surface area contributed by atoms with Crippen molar-refractivity contribution < 1.29 is 13.4 Å². The first kappa shape index (κ1) is 10.3. The minimum atomic E-state index is -0.400. The van der Waals surface area contributed by atoms with Crippen LogP contribution < -0.4 is 0 Å². The van der Waals surface area contributed by atoms with Gasteiger partial charge in [0.2, 0.25) is 0 Å². The normalized spacial score (nSPS) is 24.0. The Morgan fingerprint density at radius 3 is 3.00 bits per heavy atom. The first-order valence-electron chi connectivity index (χ1n) is 4.25. The summed E-state index contributed by atoms with van der Waals surface area (Å²) in [5.41, 5.74) is 0.822. The van der Waals surface area contributed by atoms with Gasteiger partial charge in [0.05, 0.1) is 17.7 Å². The number of halogens is 2. The second kappa shape index (κ2) is 4.54. The van der Waals surface area contributed by atoms with Crippen LogP contribution in [0, 0.1) is 5.82 Å². The fourth-order valence-corrected chi connectivity index (χ4v) is 2.06. The lowest BCUT2D eigenvalue weighted by molar-refractivity contribution is 0.121. The molecule has 1 aromatic carbocycles. The quantitative estimate of drug-likeness (QED) is 0.693. The Hall–Kier alpha value is -0.210. The maximum absolute atomic E-state index is 13.1. The molecule has 1 unspecified atom stereocenters. The van der Waals surface area contributed by atoms with Gasteiger partial charge in [-0.1, -0.05) is 17.7 Å². The average Bonchev–Trinajstić information content (AvgIpc) is 2.23. The lowest BCUT2D eigenvalue weighted by atomic mass is 10.1. The summed E-state index contributed by atoms with van der Waals surface area (Å²) in [6.07, 6.45) is 0.697. The fourth-order valence-electron chi connectivity index (χ4n) is 1.31. The molecule has 0 amide bonds. The Balaban J connectivity index is 2.18. The van der Waals surface area contributed by atoms with Gasteiger partial charge in [0.25, 0.3) is 0 Å². The topological polar surface area (TPSA) is 18.5 Å². The van der Waals surface area contributed by atoms with Gasteiger partial charge in [-0.05, 0) is 17.7 Å². The zero-order valence-corrected chi connectivity index (χ0v) is 9.05. The Morgan fingerprint density at radius 1 is 1.50 bits per heavy atom. The highest BCUT2D eigenvalue weighted by Crippen LogP contribution is 2.35. The van der Waals surface area contributed by atoms with Crippen molar-refractivity contribution in [3.05, 3.63) is 34.6 Å². The number of hydrogen-bond acceptors (Lipinski definition) is 2. The van der Waals surface area contributed by atoms with Crippen molar-refractivity contribution in [1.82, 2.24) is 0 Å². The van der Waals surface area contributed by atoms with Crippen LogP contribution in [0.4, 0.5) is 4.39 Å². The van der Waals surface area contributed by atoms with E-state index in [4.69, 9.17) is 20.6 Å². The standard InChI is InChI=1S/C9H9ClFO2P/c10-7-2-1-6(5-8(7)11)9-3-4-12-14-13-9/h1-2,5,9,14H,3-4H2/t9-/m1/s1. The third-order valence-corrected chi connectivity index (χ3v) is 3.06. The SMILES string of the molecule is Fc1cc([C@H]2CCOPO2)ccc1Cl. The Kier molecular flexibility index (Phi) is 3.34. The molecule has 0 bridgehead atoms. The van der Waals surface area contributed by atoms with Gasteiger partial charge in [0, 0.05) is 6.42 Å². The molecule has 1 heterocycles. The molecule has 2 rings (SSSR count). The molecular weight excluding hydrogens is 226 g/mol. The smallest absolute Gasteiger partial charge is 0.155 e. The number of hydrogen-bond donors (Lipinski definition) is 0. The minimum absolute atomic E-state index is 0.0462. The zero-order valence-electron chi connectivity index (χ0n) is 7.30. The molecule has 1 aliphatic heterocycles. The highest BCUT2D eigenvalue weighted by molar-refractivity contribution is 7.26. The van der Waals surface area contributed by atoms with Crippen LogP contribution in [-0.2, 0) is 9.05 Å². The van der Waals surface area contributed by atoms with Gasteiger partial charge in [0.1, 0.15) is 5.82 Å². The van der Waals surface area contributed by atoms with E-state index in [1.807, 2.05) is 0 Å². The van der Waals surface area contributed by atoms with Gasteiger partial charge in [-0.2, -0.15) is 0 Å². The average molecular weight is 235 g/mol. The zero-order chi connectivity index (χ0) is 9.97. The molecule has 1 saturated heterocycles. The lowest BCUT2D eigenvalue weighted by Crippen LogP contribution is -2.08. The third kappa shape index (κ3) is 2.23. The summed E-state index contributed by atoms with van der Waals surface area (Å²) in [7, 11) is 0.0462. The van der Waals surface area contributed by atoms with Crippen molar-refractivity contribution in [1.29, 1.82) is 0 Å². The van der Waals surface area contributed by atoms with Gasteiger partial charge >= 0.3 is 0 Å². The first-order chi connectivity index (χ1) is 6.77. The molecule has 5 heteroatoms. The van der Waals surface area contributed by atoms with Crippen molar-refractivity contribution in [2.45, 2.75) is 12.5 Å². The molecule has 0 saturated carbocycles. The molecule has 2 nitrogen and oxygen atoms in total. The Morgan fingerprint density at radius 2 is 2.36 bits per heavy atom. The van der Waals surface area contributed by atoms with Crippen LogP contribution in [0.15, 0.2) is 18.2 Å². The summed E-state index contributed by atoms with van der Waals surface area (Å²) in [4.78, 5) is 0. The van der Waals surface area contributed by atoms with E-state index >= 15 is 0 Å². The van der Waals surface area contributed by atoms with Crippen molar-refractivity contribution >= 4 is 20.6 Å². The summed E-state index contributed by atoms with van der Waals surface area (Å²) in [6.45, 7) is 0.660. The van der Waals surface area contributed by atoms with Crippen molar-refractivity contribution in [2.24, 2.45) is 0 Å². The van der Waals surface area contributed by atoms with Crippen molar-refractivity contribution in [3.63, 3.8) is 0 Å². The molecule has 14 heavy (non-hydrogen) atoms. The molecule has 0 aliphatic carbocycles. The van der Waals surface area contributed by atoms with Gasteiger partial charge in [0.15, 0.2) is 9.03 Å². The van der Waals surface area contributed by atoms with Crippen LogP contribution in [0.1, 0.15) is 18.1 Å². The van der Waals surface area contributed by atoms with E-state index in [-0.39, 0.29) is 20.2 Å². The summed E-state index contributed by atoms with van der Waals surface area (Å²) in [6, 6.07) is 4.75. The van der Waals surface area contributed by atoms with E-state index in [0.29, 0.717) is 6.61 Å². The first-order valence-corrected chi connectivity index (χ1v) is 5.44. The van der Waals surface area contributed by atoms with E-state index in [1.165, 1.54) is 6.07 Å². The molecule has 0 radical (unpaired) electrons. The van der Waals surface area contributed by atoms with Crippen molar-refractivity contribution in [3.8, 4) is 0 Å². The maximum Gasteiger partial charge on any atom is 0.155 e. The van der Waals surface area contributed by atoms with E-state index in [2.05, 4.69) is 0 Å². The van der Waals surface area contributed by atoms with Crippen molar-refractivity contribution in [2.75, 3.05) is 6.61 Å². The van der Waals surface area contributed by atoms with Crippen LogP contribution in [0.2, 0.25) is 5.02 Å². The molecule has 0 N–H and O–H groups in total. The Bertz CT molecular complexity index is 329. The molecule has 2 atom stereocenters. The van der Waals surface area contributed by atoms with Gasteiger partial charge in [-0.25, -0.2) is 4.39 Å². The monoisotopic (exact) mass is 234 g/mol. The number of rotatable bonds is 1. The molecule has 1 fully saturated rings. The number of benzene rings is 1. The molecular formula is C9H9ClFO2P. The van der Waals surface area contributed by atoms with Gasteiger partial charge in [-0.3, -0.25) is 0 Å². The van der Waals surface area contributed by atoms with E-state index in [9.17, 15) is 4.39 Å². The van der Waals surface area contributed by atoms with Crippen LogP contribution in [0.5, 0.6) is 0 Å². The minimum Gasteiger partial charge on any atom is -0.336 e. The maximum atomic E-state index is 13.1. The van der Waals surface area contributed by atoms with E-state index in [0.717, 1.165) is 12.0 Å². The van der Waals surface area contributed by atoms with E-state index < -0.39 is 5.82 Å². The molecule has 76 valence electrons. The van der Waals surface area contributed by atoms with Crippen LogP contribution in [-0.4, -0.2) is 6.61 Å². The molecule has 1 aromatic rings. The summed E-state index contributed by atoms with van der Waals surface area (Å²) < 4.78 is 23.5. The van der Waals surface area contributed by atoms with Crippen LogP contribution in [0.3, 0.4) is 0 Å². The second-order valence-electron chi connectivity index (χ2n) is 3.00. The summed E-state index contributed by atoms with van der Waals surface area (Å²) >= 11 is 5.58. The lowest BCUT2D eigenvalue weighted by Gasteiger charge is -2.22. The molecule has 1 aliphatic rings. The predicted molar refractivity (Wildman–Crippen MR) is 54.1 cm³/mol. The molecule has 0 aromatic heterocycles. The molecule has 0 spiro atoms. The fraction of sp³-hybridized carbons (Fsp3) is 0.333. The van der Waals surface area contributed by atoms with Crippen LogP contribution >= 0.6 is 20.6 Å². The van der Waals surface area contributed by atoms with E-state index in [1.54, 1.807) is 12.1 Å². The van der Waals surface area contributed by atoms with Gasteiger partial charge < -0.3 is 9.05 Å². The van der Waals surface area contributed by atoms with Crippen LogP contribution in [0.25, 0.3) is 0 Å². The highest BCUT2D eigenvalue weighted by Gasteiger charge is 2.17. The second-order valence-corrected chi connectivity index (χ2v) is 4.10. The predicted octanol–water partition coefficient (Wildman–Crippen LogP) is 3.47. The summed E-state index contributed by atoms with van der Waals surface area (Å²) in [5.74, 6) is -0.400. The highest BCUT2D eigenvalue weighted by atomic mass is 35.5.